The van der Waals surface area contributed by atoms with Crippen molar-refractivity contribution < 1.29 is 39.5 Å². The number of hydrogen-bond donors (Lipinski definition) is 1. The van der Waals surface area contributed by atoms with E-state index in [1.807, 2.05) is 0 Å². The molecule has 0 atom stereocenters. The Morgan fingerprint density at radius 2 is 1.64 bits per heavy atom. The Morgan fingerprint density at radius 1 is 1.27 bits per heavy atom. The minimum Gasteiger partial charge on any atom is -0.481 e. The van der Waals surface area contributed by atoms with E-state index >= 15 is 0 Å². The van der Waals surface area contributed by atoms with E-state index in [2.05, 4.69) is 6.42 Å². The topological polar surface area (TPSA) is 37.3 Å². The van der Waals surface area contributed by atoms with E-state index < -0.39 is 5.97 Å². The fourth-order valence-corrected chi connectivity index (χ4v) is 0.898. The van der Waals surface area contributed by atoms with E-state index in [0.717, 1.165) is 6.92 Å². The molecule has 0 aromatic rings. The maximum Gasteiger partial charge on any atom is 1.00 e. The molecule has 1 aliphatic rings. The zero-order chi connectivity index (χ0) is 7.82. The molecule has 0 spiro atoms. The fraction of sp³-hybridized carbons (Fsp3) is 0.750. The van der Waals surface area contributed by atoms with Gasteiger partial charge in [-0.2, -0.15) is 12.8 Å². The average Bonchev–Trinajstić information content (AvgIpc) is 1.90. The Hall–Kier alpha value is 0.470. The van der Waals surface area contributed by atoms with Crippen molar-refractivity contribution >= 4 is 5.97 Å². The molecular weight excluding hydrogens is 151 g/mol. The van der Waals surface area contributed by atoms with Gasteiger partial charge in [-0.1, -0.05) is 19.3 Å². The molecule has 0 bridgehead atoms. The molecule has 0 unspecified atom stereocenters. The van der Waals surface area contributed by atoms with Gasteiger partial charge >= 0.3 is 29.6 Å². The van der Waals surface area contributed by atoms with Crippen molar-refractivity contribution in [3.8, 4) is 0 Å². The van der Waals surface area contributed by atoms with Gasteiger partial charge in [0.15, 0.2) is 0 Å². The first kappa shape index (κ1) is 14.0. The number of carbonyl (C=O) groups is 1. The predicted octanol–water partition coefficient (Wildman–Crippen LogP) is -0.750. The number of hydrogen-bond acceptors (Lipinski definition) is 1. The zero-order valence-electron chi connectivity index (χ0n) is 7.47. The van der Waals surface area contributed by atoms with Crippen LogP contribution in [0.4, 0.5) is 0 Å². The van der Waals surface area contributed by atoms with Crippen LogP contribution in [0.1, 0.15) is 39.0 Å². The summed E-state index contributed by atoms with van der Waals surface area (Å²) >= 11 is 0. The molecule has 0 aliphatic heterocycles. The maximum absolute atomic E-state index is 9.00. The van der Waals surface area contributed by atoms with Gasteiger partial charge < -0.3 is 11.5 Å². The van der Waals surface area contributed by atoms with Crippen molar-refractivity contribution in [1.29, 1.82) is 0 Å². The summed E-state index contributed by atoms with van der Waals surface area (Å²) in [5, 5.41) is 7.42. The number of aliphatic carboxylic acids is 1. The van der Waals surface area contributed by atoms with Gasteiger partial charge in [0.1, 0.15) is 0 Å². The fourth-order valence-electron chi connectivity index (χ4n) is 0.898. The predicted molar refractivity (Wildman–Crippen MR) is 40.7 cm³/mol. The van der Waals surface area contributed by atoms with E-state index in [1.165, 1.54) is 32.1 Å². The first-order valence-corrected chi connectivity index (χ1v) is 3.74. The van der Waals surface area contributed by atoms with Crippen LogP contribution in [0.3, 0.4) is 0 Å². The second-order valence-electron chi connectivity index (χ2n) is 2.45. The molecule has 11 heavy (non-hydrogen) atoms. The summed E-state index contributed by atoms with van der Waals surface area (Å²) in [6.45, 7) is 1.08. The summed E-state index contributed by atoms with van der Waals surface area (Å²) < 4.78 is 0. The van der Waals surface area contributed by atoms with Gasteiger partial charge in [-0.3, -0.25) is 4.79 Å². The molecule has 2 nitrogen and oxygen atoms in total. The average molecular weight is 166 g/mol. The van der Waals surface area contributed by atoms with Crippen molar-refractivity contribution in [2.24, 2.45) is 0 Å². The Labute approximate surface area is 90.7 Å². The van der Waals surface area contributed by atoms with Crippen LogP contribution in [0.2, 0.25) is 0 Å². The van der Waals surface area contributed by atoms with E-state index in [0.29, 0.717) is 0 Å². The summed E-state index contributed by atoms with van der Waals surface area (Å²) in [7, 11) is 0. The molecule has 1 N–H and O–H groups in total. The molecule has 0 radical (unpaired) electrons. The van der Waals surface area contributed by atoms with Crippen LogP contribution in [0.25, 0.3) is 0 Å². The molecule has 60 valence electrons. The molecule has 1 aliphatic carbocycles. The molecule has 1 saturated carbocycles. The third-order valence-electron chi connectivity index (χ3n) is 1.32. The third-order valence-corrected chi connectivity index (χ3v) is 1.32. The van der Waals surface area contributed by atoms with Crippen LogP contribution < -0.4 is 29.6 Å². The van der Waals surface area contributed by atoms with Crippen molar-refractivity contribution in [3.05, 3.63) is 6.42 Å². The molecular formula is C8H15NaO2. The van der Waals surface area contributed by atoms with Gasteiger partial charge in [-0.15, -0.1) is 0 Å². The quantitative estimate of drug-likeness (QED) is 0.380. The Bertz CT molecular complexity index is 74.6. The van der Waals surface area contributed by atoms with Crippen molar-refractivity contribution in [2.45, 2.75) is 39.0 Å². The van der Waals surface area contributed by atoms with Crippen molar-refractivity contribution in [2.75, 3.05) is 0 Å². The van der Waals surface area contributed by atoms with Crippen LogP contribution in [-0.4, -0.2) is 11.1 Å². The summed E-state index contributed by atoms with van der Waals surface area (Å²) in [5.41, 5.74) is 0. The van der Waals surface area contributed by atoms with Gasteiger partial charge in [-0.25, -0.2) is 0 Å². The van der Waals surface area contributed by atoms with Gasteiger partial charge in [-0.05, 0) is 0 Å². The van der Waals surface area contributed by atoms with E-state index in [-0.39, 0.29) is 29.6 Å². The second kappa shape index (κ2) is 10.5. The van der Waals surface area contributed by atoms with E-state index in [4.69, 9.17) is 9.90 Å². The van der Waals surface area contributed by atoms with Crippen molar-refractivity contribution in [3.63, 3.8) is 0 Å². The third kappa shape index (κ3) is 17.9. The smallest absolute Gasteiger partial charge is 0.481 e. The Kier molecular flexibility index (Phi) is 13.3. The molecule has 1 rings (SSSR count). The summed E-state index contributed by atoms with van der Waals surface area (Å²) in [4.78, 5) is 9.00. The molecule has 0 amide bonds. The normalized spacial score (nSPS) is 15.4. The van der Waals surface area contributed by atoms with Crippen molar-refractivity contribution in [1.82, 2.24) is 0 Å². The SMILES string of the molecule is CC(=O)O.[CH-]1CCCCC1.[Na+]. The van der Waals surface area contributed by atoms with Gasteiger partial charge in [0.25, 0.3) is 5.97 Å². The van der Waals surface area contributed by atoms with Crippen LogP contribution in [0.15, 0.2) is 0 Å². The first-order valence-electron chi connectivity index (χ1n) is 3.74. The first-order chi connectivity index (χ1) is 4.73. The number of carboxylic acids is 1. The molecule has 0 aromatic heterocycles. The monoisotopic (exact) mass is 166 g/mol. The molecule has 0 aromatic carbocycles. The van der Waals surface area contributed by atoms with E-state index in [9.17, 15) is 0 Å². The molecule has 1 fully saturated rings. The largest absolute Gasteiger partial charge is 1.00 e. The molecule has 3 heteroatoms. The minimum atomic E-state index is -0.833. The summed E-state index contributed by atoms with van der Waals surface area (Å²) in [6.07, 6.45) is 9.50. The minimum absolute atomic E-state index is 0. The second-order valence-corrected chi connectivity index (χ2v) is 2.45. The van der Waals surface area contributed by atoms with E-state index in [1.54, 1.807) is 0 Å². The maximum atomic E-state index is 9.00. The molecule has 0 saturated heterocycles. The van der Waals surface area contributed by atoms with Gasteiger partial charge in [0.05, 0.1) is 0 Å². The summed E-state index contributed by atoms with van der Waals surface area (Å²) in [5.74, 6) is -0.833. The van der Waals surface area contributed by atoms with Crippen LogP contribution in [-0.2, 0) is 4.79 Å². The standard InChI is InChI=1S/C6H11.C2H4O2.Na/c1-2-4-6-5-3-1;1-2(3)4;/h1H,2-6H2;1H3,(H,3,4);/q-1;;+1. The number of carboxylic acid groups (broad SMARTS) is 1. The Balaban J connectivity index is 0. The summed E-state index contributed by atoms with van der Waals surface area (Å²) in [6, 6.07) is 0. The zero-order valence-corrected chi connectivity index (χ0v) is 9.47. The van der Waals surface area contributed by atoms with Gasteiger partial charge in [0, 0.05) is 6.92 Å². The van der Waals surface area contributed by atoms with Crippen LogP contribution in [0.5, 0.6) is 0 Å². The van der Waals surface area contributed by atoms with Crippen LogP contribution >= 0.6 is 0 Å². The van der Waals surface area contributed by atoms with Gasteiger partial charge in [0.2, 0.25) is 0 Å². The van der Waals surface area contributed by atoms with Crippen LogP contribution in [0, 0.1) is 6.42 Å². The number of rotatable bonds is 0. The molecule has 0 heterocycles. The Morgan fingerprint density at radius 3 is 1.73 bits per heavy atom.